The molecule has 7 aromatic rings. The Bertz CT molecular complexity index is 1760. The van der Waals surface area contributed by atoms with Crippen molar-refractivity contribution in [3.8, 4) is 68.7 Å². The molecule has 190 valence electrons. The number of aromatic nitrogens is 7. The maximum absolute atomic E-state index is 5.95. The van der Waals surface area contributed by atoms with Crippen LogP contribution >= 0.6 is 0 Å². The first-order chi connectivity index (χ1) is 19.8. The smallest absolute Gasteiger partial charge is 0.266 e. The average molecular weight is 522 g/mol. The quantitative estimate of drug-likeness (QED) is 0.237. The molecule has 9 heteroatoms. The summed E-state index contributed by atoms with van der Waals surface area (Å²) < 4.78 is 11.9. The third-order valence-corrected chi connectivity index (χ3v) is 6.16. The van der Waals surface area contributed by atoms with Crippen LogP contribution in [0.5, 0.6) is 0 Å². The molecule has 0 unspecified atom stereocenters. The van der Waals surface area contributed by atoms with Crippen LogP contribution in [0.2, 0.25) is 0 Å². The lowest BCUT2D eigenvalue weighted by Crippen LogP contribution is -1.89. The number of nitrogens with zero attached hydrogens (tertiary/aromatic N) is 7. The average Bonchev–Trinajstić information content (AvgIpc) is 3.74. The molecular formula is C31H19N7O2. The van der Waals surface area contributed by atoms with Gasteiger partial charge in [-0.25, -0.2) is 9.97 Å². The van der Waals surface area contributed by atoms with Crippen molar-refractivity contribution in [2.24, 2.45) is 0 Å². The van der Waals surface area contributed by atoms with Crippen LogP contribution in [-0.2, 0) is 0 Å². The maximum atomic E-state index is 5.95. The van der Waals surface area contributed by atoms with E-state index in [0.717, 1.165) is 33.8 Å². The Labute approximate surface area is 228 Å². The van der Waals surface area contributed by atoms with Gasteiger partial charge in [-0.05, 0) is 60.7 Å². The van der Waals surface area contributed by atoms with Crippen LogP contribution in [0.4, 0.5) is 0 Å². The van der Waals surface area contributed by atoms with Gasteiger partial charge in [-0.1, -0.05) is 48.5 Å². The molecule has 5 heterocycles. The van der Waals surface area contributed by atoms with Gasteiger partial charge in [0, 0.05) is 22.9 Å². The molecule has 0 saturated heterocycles. The summed E-state index contributed by atoms with van der Waals surface area (Å²) in [6, 6.07) is 34.4. The minimum absolute atomic E-state index is 0.323. The molecule has 0 aliphatic carbocycles. The van der Waals surface area contributed by atoms with Crippen LogP contribution in [-0.4, -0.2) is 35.3 Å². The summed E-state index contributed by atoms with van der Waals surface area (Å²) >= 11 is 0. The molecule has 5 aromatic heterocycles. The molecule has 7 rings (SSSR count). The monoisotopic (exact) mass is 521 g/mol. The number of benzene rings is 2. The Morgan fingerprint density at radius 1 is 0.350 bits per heavy atom. The molecule has 0 spiro atoms. The van der Waals surface area contributed by atoms with Gasteiger partial charge in [-0.15, -0.1) is 20.4 Å². The van der Waals surface area contributed by atoms with Gasteiger partial charge in [-0.3, -0.25) is 4.98 Å². The van der Waals surface area contributed by atoms with E-state index in [-0.39, 0.29) is 0 Å². The van der Waals surface area contributed by atoms with Crippen molar-refractivity contribution in [3.05, 3.63) is 115 Å². The second kappa shape index (κ2) is 10.1. The molecule has 2 aromatic carbocycles. The van der Waals surface area contributed by atoms with Gasteiger partial charge >= 0.3 is 0 Å². The topological polar surface area (TPSA) is 117 Å². The van der Waals surface area contributed by atoms with Gasteiger partial charge in [0.05, 0.1) is 17.1 Å². The van der Waals surface area contributed by atoms with Crippen molar-refractivity contribution in [2.75, 3.05) is 0 Å². The van der Waals surface area contributed by atoms with E-state index in [1.165, 1.54) is 0 Å². The van der Waals surface area contributed by atoms with Crippen LogP contribution in [0.25, 0.3) is 68.7 Å². The summed E-state index contributed by atoms with van der Waals surface area (Å²) in [6.45, 7) is 0. The van der Waals surface area contributed by atoms with E-state index < -0.39 is 0 Å². The van der Waals surface area contributed by atoms with Crippen molar-refractivity contribution in [1.82, 2.24) is 35.3 Å². The third-order valence-electron chi connectivity index (χ3n) is 6.16. The SMILES string of the molecule is c1ccc(-c2cccc(-c3nnc(-c4ccc(-c5nnc(-c6cccc(-c7ccccn7)n6)o5)cc4)o3)n2)cc1. The molecule has 0 bridgehead atoms. The van der Waals surface area contributed by atoms with E-state index in [0.29, 0.717) is 35.0 Å². The second-order valence-corrected chi connectivity index (χ2v) is 8.80. The van der Waals surface area contributed by atoms with Crippen molar-refractivity contribution >= 4 is 0 Å². The molecule has 0 atom stereocenters. The molecular weight excluding hydrogens is 502 g/mol. The third kappa shape index (κ3) is 4.63. The first-order valence-electron chi connectivity index (χ1n) is 12.5. The van der Waals surface area contributed by atoms with E-state index in [2.05, 4.69) is 30.4 Å². The first-order valence-corrected chi connectivity index (χ1v) is 12.5. The van der Waals surface area contributed by atoms with Crippen molar-refractivity contribution in [3.63, 3.8) is 0 Å². The van der Waals surface area contributed by atoms with Crippen LogP contribution < -0.4 is 0 Å². The highest BCUT2D eigenvalue weighted by atomic mass is 16.4. The number of rotatable bonds is 6. The van der Waals surface area contributed by atoms with E-state index in [9.17, 15) is 0 Å². The van der Waals surface area contributed by atoms with Gasteiger partial charge in [-0.2, -0.15) is 0 Å². The van der Waals surface area contributed by atoms with Gasteiger partial charge in [0.25, 0.3) is 11.8 Å². The van der Waals surface area contributed by atoms with Crippen LogP contribution in [0.15, 0.2) is 124 Å². The predicted molar refractivity (Wildman–Crippen MR) is 148 cm³/mol. The van der Waals surface area contributed by atoms with Crippen LogP contribution in [0.1, 0.15) is 0 Å². The highest BCUT2D eigenvalue weighted by molar-refractivity contribution is 5.65. The van der Waals surface area contributed by atoms with E-state index >= 15 is 0 Å². The van der Waals surface area contributed by atoms with E-state index in [4.69, 9.17) is 13.8 Å². The van der Waals surface area contributed by atoms with Crippen LogP contribution in [0, 0.1) is 0 Å². The van der Waals surface area contributed by atoms with Gasteiger partial charge < -0.3 is 8.83 Å². The summed E-state index contributed by atoms with van der Waals surface area (Å²) in [6.07, 6.45) is 1.73. The Hall–Kier alpha value is -5.83. The fraction of sp³-hybridized carbons (Fsp3) is 0. The fourth-order valence-corrected chi connectivity index (χ4v) is 4.18. The minimum Gasteiger partial charge on any atom is -0.415 e. The molecule has 0 amide bonds. The van der Waals surface area contributed by atoms with Crippen molar-refractivity contribution in [2.45, 2.75) is 0 Å². The number of hydrogen-bond acceptors (Lipinski definition) is 9. The number of hydrogen-bond donors (Lipinski definition) is 0. The van der Waals surface area contributed by atoms with Gasteiger partial charge in [0.1, 0.15) is 11.4 Å². The number of pyridine rings is 3. The lowest BCUT2D eigenvalue weighted by Gasteiger charge is -2.02. The summed E-state index contributed by atoms with van der Waals surface area (Å²) in [4.78, 5) is 13.7. The Balaban J connectivity index is 1.11. The highest BCUT2D eigenvalue weighted by Gasteiger charge is 2.15. The molecule has 40 heavy (non-hydrogen) atoms. The molecule has 0 radical (unpaired) electrons. The maximum Gasteiger partial charge on any atom is 0.266 e. The lowest BCUT2D eigenvalue weighted by atomic mass is 10.1. The van der Waals surface area contributed by atoms with Gasteiger partial charge in [0.2, 0.25) is 11.8 Å². The Kier molecular flexibility index (Phi) is 5.91. The zero-order valence-electron chi connectivity index (χ0n) is 20.9. The van der Waals surface area contributed by atoms with Crippen molar-refractivity contribution < 1.29 is 8.83 Å². The summed E-state index contributed by atoms with van der Waals surface area (Å²) in [7, 11) is 0. The first kappa shape index (κ1) is 23.3. The normalized spacial score (nSPS) is 11.0. The molecule has 9 nitrogen and oxygen atoms in total. The lowest BCUT2D eigenvalue weighted by molar-refractivity contribution is 0.580. The zero-order chi connectivity index (χ0) is 26.7. The molecule has 0 N–H and O–H groups in total. The molecule has 0 aliphatic rings. The van der Waals surface area contributed by atoms with E-state index in [1.54, 1.807) is 6.20 Å². The molecule has 0 saturated carbocycles. The minimum atomic E-state index is 0.323. The largest absolute Gasteiger partial charge is 0.415 e. The predicted octanol–water partition coefficient (Wildman–Crippen LogP) is 6.64. The molecule has 0 aliphatic heterocycles. The Morgan fingerprint density at radius 2 is 0.850 bits per heavy atom. The molecule has 0 fully saturated rings. The summed E-state index contributed by atoms with van der Waals surface area (Å²) in [5.74, 6) is 1.43. The Morgan fingerprint density at radius 3 is 1.45 bits per heavy atom. The van der Waals surface area contributed by atoms with Gasteiger partial charge in [0.15, 0.2) is 0 Å². The summed E-state index contributed by atoms with van der Waals surface area (Å²) in [5.41, 5.74) is 6.02. The fourth-order valence-electron chi connectivity index (χ4n) is 4.18. The van der Waals surface area contributed by atoms with Crippen molar-refractivity contribution in [1.29, 1.82) is 0 Å². The van der Waals surface area contributed by atoms with E-state index in [1.807, 2.05) is 109 Å². The standard InChI is InChI=1S/C31H19N7O2/c1-2-8-20(9-3-1)23-11-6-13-26(33-23)30-37-35-28(39-30)21-15-17-22(18-16-21)29-36-38-31(40-29)27-14-7-12-25(34-27)24-10-4-5-19-32-24/h1-19H. The highest BCUT2D eigenvalue weighted by Crippen LogP contribution is 2.28. The van der Waals surface area contributed by atoms with Crippen LogP contribution in [0.3, 0.4) is 0 Å². The summed E-state index contributed by atoms with van der Waals surface area (Å²) in [5, 5.41) is 16.8. The second-order valence-electron chi connectivity index (χ2n) is 8.80. The zero-order valence-corrected chi connectivity index (χ0v) is 20.9.